The van der Waals surface area contributed by atoms with Crippen molar-refractivity contribution in [2.24, 2.45) is 4.99 Å². The maximum atomic E-state index is 5.06. The van der Waals surface area contributed by atoms with Gasteiger partial charge in [-0.1, -0.05) is 30.3 Å². The van der Waals surface area contributed by atoms with Gasteiger partial charge in [0.25, 0.3) is 0 Å². The van der Waals surface area contributed by atoms with Crippen LogP contribution in [-0.2, 0) is 11.3 Å². The molecule has 1 fully saturated rings. The van der Waals surface area contributed by atoms with Crippen molar-refractivity contribution in [2.75, 3.05) is 66.6 Å². The number of hydrogen-bond donors (Lipinski definition) is 2. The SMILES string of the molecule is CN=C(NCCCCN1CCN(Cc2ccccc2)CC1)NCCCOC. The van der Waals surface area contributed by atoms with E-state index in [-0.39, 0.29) is 0 Å². The molecule has 0 bridgehead atoms. The molecule has 1 aromatic rings. The first-order valence-corrected chi connectivity index (χ1v) is 10.2. The fourth-order valence-corrected chi connectivity index (χ4v) is 3.32. The minimum absolute atomic E-state index is 0.780. The molecule has 1 aliphatic rings. The van der Waals surface area contributed by atoms with Crippen molar-refractivity contribution in [3.8, 4) is 0 Å². The lowest BCUT2D eigenvalue weighted by atomic mass is 10.2. The van der Waals surface area contributed by atoms with Crippen LogP contribution in [0.4, 0.5) is 0 Å². The van der Waals surface area contributed by atoms with Gasteiger partial charge in [-0.25, -0.2) is 0 Å². The van der Waals surface area contributed by atoms with E-state index in [0.717, 1.165) is 38.6 Å². The van der Waals surface area contributed by atoms with Crippen LogP contribution in [-0.4, -0.2) is 82.3 Å². The Kier molecular flexibility index (Phi) is 10.9. The smallest absolute Gasteiger partial charge is 0.190 e. The zero-order valence-corrected chi connectivity index (χ0v) is 17.1. The molecule has 6 nitrogen and oxygen atoms in total. The molecule has 152 valence electrons. The van der Waals surface area contributed by atoms with Gasteiger partial charge in [0.2, 0.25) is 0 Å². The predicted octanol–water partition coefficient (Wildman–Crippen LogP) is 1.79. The first kappa shape index (κ1) is 21.7. The van der Waals surface area contributed by atoms with Gasteiger partial charge in [0.15, 0.2) is 5.96 Å². The molecular formula is C21H37N5O. The highest BCUT2D eigenvalue weighted by Crippen LogP contribution is 2.08. The molecule has 2 rings (SSSR count). The topological polar surface area (TPSA) is 52.1 Å². The number of nitrogens with one attached hydrogen (secondary N) is 2. The van der Waals surface area contributed by atoms with E-state index in [4.69, 9.17) is 4.74 Å². The van der Waals surface area contributed by atoms with Crippen LogP contribution < -0.4 is 10.6 Å². The number of methoxy groups -OCH3 is 1. The highest BCUT2D eigenvalue weighted by Gasteiger charge is 2.16. The van der Waals surface area contributed by atoms with E-state index >= 15 is 0 Å². The summed E-state index contributed by atoms with van der Waals surface area (Å²) in [6.45, 7) is 9.62. The maximum Gasteiger partial charge on any atom is 0.190 e. The summed E-state index contributed by atoms with van der Waals surface area (Å²) in [6, 6.07) is 10.8. The van der Waals surface area contributed by atoms with Crippen LogP contribution in [0.15, 0.2) is 35.3 Å². The third-order valence-electron chi connectivity index (χ3n) is 4.95. The summed E-state index contributed by atoms with van der Waals surface area (Å²) in [4.78, 5) is 9.41. The molecular weight excluding hydrogens is 338 g/mol. The molecule has 0 radical (unpaired) electrons. The number of aliphatic imine (C=N–C) groups is 1. The molecule has 0 saturated carbocycles. The number of nitrogens with zero attached hydrogens (tertiary/aromatic N) is 3. The number of piperazine rings is 1. The zero-order valence-electron chi connectivity index (χ0n) is 17.1. The van der Waals surface area contributed by atoms with E-state index in [2.05, 4.69) is 55.8 Å². The second kappa shape index (κ2) is 13.5. The third kappa shape index (κ3) is 9.22. The molecule has 0 atom stereocenters. The average molecular weight is 376 g/mol. The maximum absolute atomic E-state index is 5.06. The average Bonchev–Trinajstić information content (AvgIpc) is 2.71. The van der Waals surface area contributed by atoms with E-state index in [0.29, 0.717) is 0 Å². The summed E-state index contributed by atoms with van der Waals surface area (Å²) in [5, 5.41) is 6.70. The van der Waals surface area contributed by atoms with Gasteiger partial charge in [0.1, 0.15) is 0 Å². The van der Waals surface area contributed by atoms with Crippen molar-refractivity contribution in [3.63, 3.8) is 0 Å². The van der Waals surface area contributed by atoms with Crippen molar-refractivity contribution in [1.82, 2.24) is 20.4 Å². The highest BCUT2D eigenvalue weighted by atomic mass is 16.5. The van der Waals surface area contributed by atoms with Gasteiger partial charge in [-0.05, 0) is 31.4 Å². The largest absolute Gasteiger partial charge is 0.385 e. The first-order valence-electron chi connectivity index (χ1n) is 10.2. The molecule has 0 spiro atoms. The van der Waals surface area contributed by atoms with Gasteiger partial charge in [0.05, 0.1) is 0 Å². The number of unbranched alkanes of at least 4 members (excludes halogenated alkanes) is 1. The molecule has 27 heavy (non-hydrogen) atoms. The van der Waals surface area contributed by atoms with Crippen molar-refractivity contribution >= 4 is 5.96 Å². The monoisotopic (exact) mass is 375 g/mol. The van der Waals surface area contributed by atoms with Crippen molar-refractivity contribution in [2.45, 2.75) is 25.8 Å². The van der Waals surface area contributed by atoms with Gasteiger partial charge in [-0.3, -0.25) is 9.89 Å². The van der Waals surface area contributed by atoms with Crippen LogP contribution in [0.25, 0.3) is 0 Å². The molecule has 1 heterocycles. The van der Waals surface area contributed by atoms with E-state index in [1.165, 1.54) is 51.1 Å². The number of guanidine groups is 1. The number of rotatable bonds is 11. The molecule has 2 N–H and O–H groups in total. The zero-order chi connectivity index (χ0) is 19.2. The fraction of sp³-hybridized carbons (Fsp3) is 0.667. The minimum atomic E-state index is 0.780. The van der Waals surface area contributed by atoms with Gasteiger partial charge < -0.3 is 20.3 Å². The lowest BCUT2D eigenvalue weighted by Gasteiger charge is -2.34. The minimum Gasteiger partial charge on any atom is -0.385 e. The normalized spacial score (nSPS) is 16.4. The van der Waals surface area contributed by atoms with Gasteiger partial charge in [-0.15, -0.1) is 0 Å². The summed E-state index contributed by atoms with van der Waals surface area (Å²) in [5.41, 5.74) is 1.42. The lowest BCUT2D eigenvalue weighted by molar-refractivity contribution is 0.126. The van der Waals surface area contributed by atoms with Crippen LogP contribution in [0, 0.1) is 0 Å². The molecule has 1 aromatic carbocycles. The number of hydrogen-bond acceptors (Lipinski definition) is 4. The van der Waals surface area contributed by atoms with Gasteiger partial charge in [0, 0.05) is 66.6 Å². The van der Waals surface area contributed by atoms with Crippen LogP contribution in [0.2, 0.25) is 0 Å². The second-order valence-electron chi connectivity index (χ2n) is 7.08. The lowest BCUT2D eigenvalue weighted by Crippen LogP contribution is -2.46. The van der Waals surface area contributed by atoms with Crippen LogP contribution in [0.5, 0.6) is 0 Å². The fourth-order valence-electron chi connectivity index (χ4n) is 3.32. The standard InChI is InChI=1S/C21H37N5O/c1-22-21(24-12-8-18-27-2)23-11-6-7-13-25-14-16-26(17-15-25)19-20-9-4-3-5-10-20/h3-5,9-10H,6-8,11-19H2,1-2H3,(H2,22,23,24). The molecule has 0 unspecified atom stereocenters. The Morgan fingerprint density at radius 2 is 1.63 bits per heavy atom. The van der Waals surface area contributed by atoms with Crippen LogP contribution in [0.1, 0.15) is 24.8 Å². The Morgan fingerprint density at radius 1 is 0.963 bits per heavy atom. The van der Waals surface area contributed by atoms with E-state index in [9.17, 15) is 0 Å². The number of benzene rings is 1. The Balaban J connectivity index is 1.49. The third-order valence-corrected chi connectivity index (χ3v) is 4.95. The summed E-state index contributed by atoms with van der Waals surface area (Å²) in [6.07, 6.45) is 3.39. The summed E-state index contributed by atoms with van der Waals surface area (Å²) in [5.74, 6) is 0.889. The molecule has 6 heteroatoms. The van der Waals surface area contributed by atoms with Crippen LogP contribution in [0.3, 0.4) is 0 Å². The van der Waals surface area contributed by atoms with E-state index in [1.54, 1.807) is 7.11 Å². The summed E-state index contributed by atoms with van der Waals surface area (Å²) < 4.78 is 5.06. The first-order chi connectivity index (χ1) is 13.3. The number of ether oxygens (including phenoxy) is 1. The summed E-state index contributed by atoms with van der Waals surface area (Å²) in [7, 11) is 3.55. The second-order valence-corrected chi connectivity index (χ2v) is 7.08. The molecule has 0 amide bonds. The molecule has 1 aliphatic heterocycles. The Labute approximate surface area is 165 Å². The van der Waals surface area contributed by atoms with E-state index < -0.39 is 0 Å². The summed E-state index contributed by atoms with van der Waals surface area (Å²) >= 11 is 0. The Morgan fingerprint density at radius 3 is 2.30 bits per heavy atom. The van der Waals surface area contributed by atoms with Crippen LogP contribution >= 0.6 is 0 Å². The van der Waals surface area contributed by atoms with Crippen molar-refractivity contribution < 1.29 is 4.74 Å². The quantitative estimate of drug-likeness (QED) is 0.351. The Hall–Kier alpha value is -1.63. The predicted molar refractivity (Wildman–Crippen MR) is 113 cm³/mol. The van der Waals surface area contributed by atoms with Crippen molar-refractivity contribution in [3.05, 3.63) is 35.9 Å². The van der Waals surface area contributed by atoms with Gasteiger partial charge in [-0.2, -0.15) is 0 Å². The molecule has 0 aliphatic carbocycles. The molecule has 1 saturated heterocycles. The van der Waals surface area contributed by atoms with Gasteiger partial charge >= 0.3 is 0 Å². The van der Waals surface area contributed by atoms with Crippen molar-refractivity contribution in [1.29, 1.82) is 0 Å². The van der Waals surface area contributed by atoms with E-state index in [1.807, 2.05) is 7.05 Å². The highest BCUT2D eigenvalue weighted by molar-refractivity contribution is 5.79. The Bertz CT molecular complexity index is 515. The molecule has 0 aromatic heterocycles.